The van der Waals surface area contributed by atoms with Gasteiger partial charge in [-0.2, -0.15) is 0 Å². The highest BCUT2D eigenvalue weighted by atomic mass is 32.1. The summed E-state index contributed by atoms with van der Waals surface area (Å²) in [5.74, 6) is -0.430. The fourth-order valence-corrected chi connectivity index (χ4v) is 3.30. The molecule has 0 saturated carbocycles. The first-order chi connectivity index (χ1) is 13.2. The Balaban J connectivity index is 1.55. The first-order valence-corrected chi connectivity index (χ1v) is 9.86. The highest BCUT2D eigenvalue weighted by Gasteiger charge is 2.14. The van der Waals surface area contributed by atoms with Gasteiger partial charge in [-0.15, -0.1) is 22.7 Å². The van der Waals surface area contributed by atoms with Gasteiger partial charge in [0.1, 0.15) is 19.0 Å². The molecule has 0 atom stereocenters. The van der Waals surface area contributed by atoms with Gasteiger partial charge in [0, 0.05) is 10.8 Å². The number of nitrogens with zero attached hydrogens (tertiary/aromatic N) is 2. The van der Waals surface area contributed by atoms with Gasteiger partial charge in [-0.3, -0.25) is 0 Å². The summed E-state index contributed by atoms with van der Waals surface area (Å²) in [6, 6.07) is 6.73. The molecule has 0 aliphatic carbocycles. The van der Waals surface area contributed by atoms with Crippen LogP contribution >= 0.6 is 22.7 Å². The first kappa shape index (κ1) is 19.0. The summed E-state index contributed by atoms with van der Waals surface area (Å²) in [6.07, 6.45) is 0. The van der Waals surface area contributed by atoms with Gasteiger partial charge < -0.3 is 14.2 Å². The summed E-state index contributed by atoms with van der Waals surface area (Å²) in [4.78, 5) is 32.1. The van der Waals surface area contributed by atoms with Crippen LogP contribution < -0.4 is 4.74 Å². The number of benzene rings is 1. The maximum atomic E-state index is 12.2. The number of hydrogen-bond acceptors (Lipinski definition) is 9. The van der Waals surface area contributed by atoms with Crippen molar-refractivity contribution in [2.75, 3.05) is 6.61 Å². The minimum absolute atomic E-state index is 0.0291. The average molecular weight is 404 g/mol. The molecule has 140 valence electrons. The Hall–Kier alpha value is -2.78. The molecule has 7 nitrogen and oxygen atoms in total. The van der Waals surface area contributed by atoms with E-state index in [-0.39, 0.29) is 18.2 Å². The monoisotopic (exact) mass is 404 g/mol. The van der Waals surface area contributed by atoms with Crippen LogP contribution in [0.25, 0.3) is 0 Å². The van der Waals surface area contributed by atoms with Crippen molar-refractivity contribution in [2.45, 2.75) is 20.1 Å². The molecule has 3 aromatic rings. The molecule has 0 bridgehead atoms. The van der Waals surface area contributed by atoms with Crippen LogP contribution in [0.3, 0.4) is 0 Å². The van der Waals surface area contributed by atoms with Crippen LogP contribution in [-0.2, 0) is 22.7 Å². The molecule has 0 spiro atoms. The van der Waals surface area contributed by atoms with Gasteiger partial charge in [-0.05, 0) is 25.1 Å². The highest BCUT2D eigenvalue weighted by molar-refractivity contribution is 7.11. The molecule has 2 heterocycles. The number of esters is 2. The Labute approximate surface area is 163 Å². The van der Waals surface area contributed by atoms with Crippen LogP contribution in [0.4, 0.5) is 0 Å². The molecule has 0 saturated heterocycles. The first-order valence-electron chi connectivity index (χ1n) is 8.04. The Bertz CT molecular complexity index is 908. The van der Waals surface area contributed by atoms with E-state index in [1.54, 1.807) is 42.1 Å². The normalized spacial score (nSPS) is 10.4. The van der Waals surface area contributed by atoms with Gasteiger partial charge in [-0.25, -0.2) is 19.6 Å². The van der Waals surface area contributed by atoms with Crippen LogP contribution in [-0.4, -0.2) is 28.5 Å². The van der Waals surface area contributed by atoms with Gasteiger partial charge in [0.15, 0.2) is 0 Å². The highest BCUT2D eigenvalue weighted by Crippen LogP contribution is 2.17. The van der Waals surface area contributed by atoms with Crippen LogP contribution in [0.15, 0.2) is 40.5 Å². The number of carbonyl (C=O) groups is 2. The molecular formula is C18H16N2O5S2. The molecule has 0 fully saturated rings. The van der Waals surface area contributed by atoms with Crippen molar-refractivity contribution in [2.24, 2.45) is 0 Å². The number of carbonyl (C=O) groups excluding carboxylic acids is 2. The minimum atomic E-state index is -0.500. The van der Waals surface area contributed by atoms with Crippen LogP contribution in [0.2, 0.25) is 0 Å². The molecule has 0 radical (unpaired) electrons. The van der Waals surface area contributed by atoms with Gasteiger partial charge in [0.25, 0.3) is 0 Å². The second-order valence-corrected chi connectivity index (χ2v) is 6.81. The smallest absolute Gasteiger partial charge is 0.367 e. The topological polar surface area (TPSA) is 87.6 Å². The summed E-state index contributed by atoms with van der Waals surface area (Å²) >= 11 is 2.64. The summed E-state index contributed by atoms with van der Waals surface area (Å²) in [7, 11) is 0. The van der Waals surface area contributed by atoms with E-state index in [9.17, 15) is 9.59 Å². The Morgan fingerprint density at radius 1 is 1.07 bits per heavy atom. The largest absolute Gasteiger partial charge is 0.487 e. The second-order valence-electron chi connectivity index (χ2n) is 5.24. The molecule has 3 rings (SSSR count). The third-order valence-electron chi connectivity index (χ3n) is 3.29. The van der Waals surface area contributed by atoms with E-state index in [2.05, 4.69) is 9.97 Å². The van der Waals surface area contributed by atoms with E-state index in [0.29, 0.717) is 23.6 Å². The predicted octanol–water partition coefficient (Wildman–Crippen LogP) is 3.71. The summed E-state index contributed by atoms with van der Waals surface area (Å²) in [6.45, 7) is 2.31. The Morgan fingerprint density at radius 3 is 2.74 bits per heavy atom. The number of aromatic nitrogens is 2. The van der Waals surface area contributed by atoms with Crippen LogP contribution in [0.1, 0.15) is 38.5 Å². The van der Waals surface area contributed by atoms with E-state index in [1.165, 1.54) is 11.3 Å². The standard InChI is InChI=1S/C18H16N2O5S2/c1-2-23-18(22)16-20-14(10-27-16)8-25-17(21)12-4-3-5-15(6-12)24-7-13-9-26-11-19-13/h3-6,9-11H,2,7-8H2,1H3. The maximum absolute atomic E-state index is 12.2. The molecule has 1 aromatic carbocycles. The van der Waals surface area contributed by atoms with Gasteiger partial charge in [0.2, 0.25) is 5.01 Å². The maximum Gasteiger partial charge on any atom is 0.367 e. The lowest BCUT2D eigenvalue weighted by molar-refractivity contribution is 0.0467. The van der Waals surface area contributed by atoms with Gasteiger partial charge in [0.05, 0.1) is 29.1 Å². The zero-order valence-electron chi connectivity index (χ0n) is 14.4. The van der Waals surface area contributed by atoms with Crippen molar-refractivity contribution >= 4 is 34.6 Å². The van der Waals surface area contributed by atoms with Crippen LogP contribution in [0, 0.1) is 0 Å². The third kappa shape index (κ3) is 5.35. The third-order valence-corrected chi connectivity index (χ3v) is 4.80. The van der Waals surface area contributed by atoms with E-state index in [0.717, 1.165) is 17.0 Å². The minimum Gasteiger partial charge on any atom is -0.487 e. The lowest BCUT2D eigenvalue weighted by Crippen LogP contribution is -2.07. The SMILES string of the molecule is CCOC(=O)c1nc(COC(=O)c2cccc(OCc3cscn3)c2)cs1. The number of thiazole rings is 2. The van der Waals surface area contributed by atoms with Crippen molar-refractivity contribution in [1.29, 1.82) is 0 Å². The molecule has 0 amide bonds. The molecule has 27 heavy (non-hydrogen) atoms. The molecule has 0 aliphatic rings. The van der Waals surface area contributed by atoms with Gasteiger partial charge in [-0.1, -0.05) is 6.07 Å². The Morgan fingerprint density at radius 2 is 1.96 bits per heavy atom. The summed E-state index contributed by atoms with van der Waals surface area (Å²) in [5.41, 5.74) is 3.42. The fourth-order valence-electron chi connectivity index (χ4n) is 2.06. The van der Waals surface area contributed by atoms with Crippen molar-refractivity contribution in [1.82, 2.24) is 9.97 Å². The lowest BCUT2D eigenvalue weighted by Gasteiger charge is -2.07. The molecule has 9 heteroatoms. The van der Waals surface area contributed by atoms with Crippen molar-refractivity contribution in [3.05, 3.63) is 62.5 Å². The van der Waals surface area contributed by atoms with Crippen molar-refractivity contribution in [3.63, 3.8) is 0 Å². The summed E-state index contributed by atoms with van der Waals surface area (Å²) < 4.78 is 15.8. The van der Waals surface area contributed by atoms with Crippen molar-refractivity contribution < 1.29 is 23.8 Å². The predicted molar refractivity (Wildman–Crippen MR) is 100 cm³/mol. The zero-order valence-corrected chi connectivity index (χ0v) is 16.0. The number of rotatable bonds is 8. The molecule has 0 aliphatic heterocycles. The number of hydrogen-bond donors (Lipinski definition) is 0. The summed E-state index contributed by atoms with van der Waals surface area (Å²) in [5, 5.41) is 3.80. The van der Waals surface area contributed by atoms with E-state index < -0.39 is 11.9 Å². The van der Waals surface area contributed by atoms with Crippen molar-refractivity contribution in [3.8, 4) is 5.75 Å². The van der Waals surface area contributed by atoms with E-state index >= 15 is 0 Å². The Kier molecular flexibility index (Phi) is 6.50. The zero-order chi connectivity index (χ0) is 19.1. The molecule has 0 unspecified atom stereocenters. The molecule has 0 N–H and O–H groups in total. The second kappa shape index (κ2) is 9.24. The molecular weight excluding hydrogens is 388 g/mol. The average Bonchev–Trinajstić information content (AvgIpc) is 3.37. The van der Waals surface area contributed by atoms with E-state index in [4.69, 9.17) is 14.2 Å². The van der Waals surface area contributed by atoms with E-state index in [1.807, 2.05) is 5.38 Å². The van der Waals surface area contributed by atoms with Crippen LogP contribution in [0.5, 0.6) is 5.75 Å². The lowest BCUT2D eigenvalue weighted by atomic mass is 10.2. The number of ether oxygens (including phenoxy) is 3. The molecule has 2 aromatic heterocycles. The fraction of sp³-hybridized carbons (Fsp3) is 0.222. The quantitative estimate of drug-likeness (QED) is 0.529. The van der Waals surface area contributed by atoms with Gasteiger partial charge >= 0.3 is 11.9 Å².